The Kier molecular flexibility index (Phi) is 4.47. The molecular weight excluding hydrogens is 308 g/mol. The Balaban J connectivity index is 3.16. The first-order valence-corrected chi connectivity index (χ1v) is 6.92. The number of carbonyl (C=O) groups excluding carboxylic acids is 1. The summed E-state index contributed by atoms with van der Waals surface area (Å²) in [5, 5.41) is 0. The highest BCUT2D eigenvalue weighted by Gasteiger charge is 2.19. The zero-order valence-electron chi connectivity index (χ0n) is 9.31. The Bertz CT molecular complexity index is 543. The number of methoxy groups -OCH3 is 1. The van der Waals surface area contributed by atoms with Crippen molar-refractivity contribution < 1.29 is 17.9 Å². The topological polar surface area (TPSA) is 60.4 Å². The highest BCUT2D eigenvalue weighted by atomic mass is 79.9. The first-order chi connectivity index (χ1) is 7.87. The van der Waals surface area contributed by atoms with Crippen molar-refractivity contribution in [3.8, 4) is 0 Å². The molecular formula is C11H11BrO4S. The van der Waals surface area contributed by atoms with Crippen LogP contribution in [0.3, 0.4) is 0 Å². The first kappa shape index (κ1) is 13.9. The van der Waals surface area contributed by atoms with E-state index in [-0.39, 0.29) is 8.71 Å². The molecule has 0 amide bonds. The fraction of sp³-hybridized carbons (Fsp3) is 0.182. The maximum absolute atomic E-state index is 12.0. The third-order valence-corrected chi connectivity index (χ3v) is 5.05. The summed E-state index contributed by atoms with van der Waals surface area (Å²) in [6.45, 7) is 1.86. The van der Waals surface area contributed by atoms with Crippen LogP contribution in [0.4, 0.5) is 0 Å². The molecule has 0 radical (unpaired) electrons. The Labute approximate surface area is 108 Å². The molecule has 92 valence electrons. The van der Waals surface area contributed by atoms with Crippen molar-refractivity contribution in [1.82, 2.24) is 0 Å². The maximum atomic E-state index is 12.0. The van der Waals surface area contributed by atoms with Gasteiger partial charge in [-0.05, 0) is 35.0 Å². The van der Waals surface area contributed by atoms with Crippen LogP contribution in [0.2, 0.25) is 0 Å². The number of halogens is 1. The molecule has 0 saturated heterocycles. The summed E-state index contributed by atoms with van der Waals surface area (Å²) in [7, 11) is -2.51. The van der Waals surface area contributed by atoms with Gasteiger partial charge in [0.25, 0.3) is 0 Å². The van der Waals surface area contributed by atoms with Gasteiger partial charge in [0.2, 0.25) is 9.84 Å². The van der Waals surface area contributed by atoms with Crippen molar-refractivity contribution in [3.05, 3.63) is 39.7 Å². The minimum atomic E-state index is -3.68. The van der Waals surface area contributed by atoms with Crippen LogP contribution in [-0.4, -0.2) is 21.5 Å². The Morgan fingerprint density at radius 1 is 1.29 bits per heavy atom. The number of sulfone groups is 1. The second kappa shape index (κ2) is 5.46. The van der Waals surface area contributed by atoms with E-state index in [1.807, 2.05) is 6.92 Å². The minimum Gasteiger partial charge on any atom is -0.466 e. The average molecular weight is 319 g/mol. The number of ether oxygens (including phenoxy) is 1. The highest BCUT2D eigenvalue weighted by molar-refractivity contribution is 9.13. The SMILES string of the molecule is COC(=O)/C=C(\Br)S(=O)(=O)c1ccc(C)cc1. The van der Waals surface area contributed by atoms with E-state index in [9.17, 15) is 13.2 Å². The number of benzene rings is 1. The summed E-state index contributed by atoms with van der Waals surface area (Å²) < 4.78 is 28.1. The second-order valence-corrected chi connectivity index (χ2v) is 6.59. The van der Waals surface area contributed by atoms with Gasteiger partial charge in [-0.1, -0.05) is 17.7 Å². The van der Waals surface area contributed by atoms with Crippen LogP contribution in [0.5, 0.6) is 0 Å². The summed E-state index contributed by atoms with van der Waals surface area (Å²) in [6.07, 6.45) is 0.884. The molecule has 0 aliphatic rings. The molecule has 1 rings (SSSR count). The zero-order valence-corrected chi connectivity index (χ0v) is 11.7. The third kappa shape index (κ3) is 3.41. The molecule has 1 aromatic carbocycles. The maximum Gasteiger partial charge on any atom is 0.332 e. The molecule has 17 heavy (non-hydrogen) atoms. The van der Waals surface area contributed by atoms with Crippen molar-refractivity contribution in [3.63, 3.8) is 0 Å². The van der Waals surface area contributed by atoms with Crippen molar-refractivity contribution in [2.24, 2.45) is 0 Å². The monoisotopic (exact) mass is 318 g/mol. The van der Waals surface area contributed by atoms with Crippen molar-refractivity contribution in [1.29, 1.82) is 0 Å². The van der Waals surface area contributed by atoms with Gasteiger partial charge in [0.05, 0.1) is 12.0 Å². The van der Waals surface area contributed by atoms with E-state index in [2.05, 4.69) is 20.7 Å². The van der Waals surface area contributed by atoms with Crippen molar-refractivity contribution >= 4 is 31.7 Å². The fourth-order valence-electron chi connectivity index (χ4n) is 1.06. The number of carbonyl (C=O) groups is 1. The van der Waals surface area contributed by atoms with E-state index in [4.69, 9.17) is 0 Å². The molecule has 0 spiro atoms. The van der Waals surface area contributed by atoms with Crippen molar-refractivity contribution in [2.45, 2.75) is 11.8 Å². The number of esters is 1. The molecule has 0 atom stereocenters. The Morgan fingerprint density at radius 3 is 2.29 bits per heavy atom. The van der Waals surface area contributed by atoms with E-state index in [0.717, 1.165) is 11.6 Å². The smallest absolute Gasteiger partial charge is 0.332 e. The molecule has 0 fully saturated rings. The average Bonchev–Trinajstić information content (AvgIpc) is 2.29. The number of rotatable bonds is 3. The van der Waals surface area contributed by atoms with E-state index in [1.54, 1.807) is 12.1 Å². The number of hydrogen-bond donors (Lipinski definition) is 0. The van der Waals surface area contributed by atoms with Crippen LogP contribution in [-0.2, 0) is 19.4 Å². The van der Waals surface area contributed by atoms with Crippen LogP contribution in [0, 0.1) is 6.92 Å². The molecule has 0 aromatic heterocycles. The van der Waals surface area contributed by atoms with Gasteiger partial charge in [-0.15, -0.1) is 0 Å². The van der Waals surface area contributed by atoms with Gasteiger partial charge in [0, 0.05) is 6.08 Å². The summed E-state index contributed by atoms with van der Waals surface area (Å²) in [4.78, 5) is 11.1. The lowest BCUT2D eigenvalue weighted by Crippen LogP contribution is -2.04. The molecule has 0 bridgehead atoms. The molecule has 0 heterocycles. The lowest BCUT2D eigenvalue weighted by atomic mass is 10.2. The molecule has 1 aromatic rings. The molecule has 0 unspecified atom stereocenters. The van der Waals surface area contributed by atoms with E-state index in [0.29, 0.717) is 0 Å². The number of aryl methyl sites for hydroxylation is 1. The summed E-state index contributed by atoms with van der Waals surface area (Å²) in [5.41, 5.74) is 0.956. The lowest BCUT2D eigenvalue weighted by molar-refractivity contribution is -0.134. The van der Waals surface area contributed by atoms with E-state index < -0.39 is 15.8 Å². The van der Waals surface area contributed by atoms with Gasteiger partial charge in [-0.25, -0.2) is 13.2 Å². The van der Waals surface area contributed by atoms with Crippen LogP contribution < -0.4 is 0 Å². The van der Waals surface area contributed by atoms with Crippen LogP contribution in [0.1, 0.15) is 5.56 Å². The summed E-state index contributed by atoms with van der Waals surface area (Å²) in [6, 6.07) is 6.34. The molecule has 0 N–H and O–H groups in total. The molecule has 4 nitrogen and oxygen atoms in total. The fourth-order valence-corrected chi connectivity index (χ4v) is 2.78. The van der Waals surface area contributed by atoms with Gasteiger partial charge in [0.1, 0.15) is 3.81 Å². The largest absolute Gasteiger partial charge is 0.466 e. The molecule has 0 saturated carbocycles. The zero-order chi connectivity index (χ0) is 13.1. The third-order valence-electron chi connectivity index (χ3n) is 2.02. The number of hydrogen-bond acceptors (Lipinski definition) is 4. The van der Waals surface area contributed by atoms with Gasteiger partial charge >= 0.3 is 5.97 Å². The minimum absolute atomic E-state index is 0.120. The van der Waals surface area contributed by atoms with Crippen molar-refractivity contribution in [2.75, 3.05) is 7.11 Å². The Hall–Kier alpha value is -1.14. The lowest BCUT2D eigenvalue weighted by Gasteiger charge is -2.03. The van der Waals surface area contributed by atoms with Crippen LogP contribution in [0.25, 0.3) is 0 Å². The summed E-state index contributed by atoms with van der Waals surface area (Å²) >= 11 is 2.87. The molecule has 0 aliphatic heterocycles. The normalized spacial score (nSPS) is 12.3. The van der Waals surface area contributed by atoms with Crippen LogP contribution >= 0.6 is 15.9 Å². The quantitative estimate of drug-likeness (QED) is 0.633. The standard InChI is InChI=1S/C11H11BrO4S/c1-8-3-5-9(6-4-8)17(14,15)10(12)7-11(13)16-2/h3-7H,1-2H3/b10-7+. The second-order valence-electron chi connectivity index (χ2n) is 3.29. The Morgan fingerprint density at radius 2 is 1.82 bits per heavy atom. The summed E-state index contributed by atoms with van der Waals surface area (Å²) in [5.74, 6) is -0.729. The van der Waals surface area contributed by atoms with E-state index >= 15 is 0 Å². The van der Waals surface area contributed by atoms with Gasteiger partial charge in [0.15, 0.2) is 0 Å². The van der Waals surface area contributed by atoms with E-state index in [1.165, 1.54) is 19.2 Å². The highest BCUT2D eigenvalue weighted by Crippen LogP contribution is 2.24. The van der Waals surface area contributed by atoms with Gasteiger partial charge in [-0.2, -0.15) is 0 Å². The molecule has 0 aliphatic carbocycles. The van der Waals surface area contributed by atoms with Gasteiger partial charge < -0.3 is 4.74 Å². The predicted molar refractivity (Wildman–Crippen MR) is 67.4 cm³/mol. The predicted octanol–water partition coefficient (Wildman–Crippen LogP) is 2.18. The van der Waals surface area contributed by atoms with Gasteiger partial charge in [-0.3, -0.25) is 0 Å². The molecule has 6 heteroatoms. The first-order valence-electron chi connectivity index (χ1n) is 4.65. The van der Waals surface area contributed by atoms with Crippen LogP contribution in [0.15, 0.2) is 39.1 Å².